The molecule has 82 valence electrons. The number of aryl methyl sites for hydroxylation is 1. The molecular weight excluding hydrogens is 288 g/mol. The van der Waals surface area contributed by atoms with Crippen LogP contribution < -0.4 is 0 Å². The van der Waals surface area contributed by atoms with Crippen LogP contribution in [-0.2, 0) is 6.42 Å². The summed E-state index contributed by atoms with van der Waals surface area (Å²) in [5, 5.41) is 0.491. The molecule has 2 nitrogen and oxygen atoms in total. The zero-order chi connectivity index (χ0) is 11.5. The molecule has 0 unspecified atom stereocenters. The molecule has 4 heteroatoms. The van der Waals surface area contributed by atoms with E-state index in [2.05, 4.69) is 25.9 Å². The third-order valence-electron chi connectivity index (χ3n) is 2.20. The van der Waals surface area contributed by atoms with Gasteiger partial charge < -0.3 is 0 Å². The number of halogens is 2. The van der Waals surface area contributed by atoms with Crippen molar-refractivity contribution in [2.75, 3.05) is 0 Å². The zero-order valence-electron chi connectivity index (χ0n) is 8.74. The van der Waals surface area contributed by atoms with Crippen LogP contribution in [0.3, 0.4) is 0 Å². The lowest BCUT2D eigenvalue weighted by Crippen LogP contribution is -1.95. The van der Waals surface area contributed by atoms with Gasteiger partial charge in [-0.25, -0.2) is 9.97 Å². The summed E-state index contributed by atoms with van der Waals surface area (Å²) in [7, 11) is 0. The Labute approximate surface area is 108 Å². The van der Waals surface area contributed by atoms with Gasteiger partial charge in [-0.2, -0.15) is 0 Å². The second-order valence-corrected chi connectivity index (χ2v) is 4.66. The van der Waals surface area contributed by atoms with Crippen molar-refractivity contribution in [2.45, 2.75) is 13.3 Å². The molecule has 0 bridgehead atoms. The minimum Gasteiger partial charge on any atom is -0.233 e. The lowest BCUT2D eigenvalue weighted by atomic mass is 10.1. The molecule has 0 aliphatic rings. The molecule has 0 fully saturated rings. The monoisotopic (exact) mass is 296 g/mol. The summed E-state index contributed by atoms with van der Waals surface area (Å²) >= 11 is 9.35. The highest BCUT2D eigenvalue weighted by molar-refractivity contribution is 9.10. The van der Waals surface area contributed by atoms with E-state index < -0.39 is 0 Å². The van der Waals surface area contributed by atoms with Crippen LogP contribution in [0.5, 0.6) is 0 Å². The fraction of sp³-hybridized carbons (Fsp3) is 0.167. The van der Waals surface area contributed by atoms with Gasteiger partial charge in [0.1, 0.15) is 11.0 Å². The van der Waals surface area contributed by atoms with E-state index in [0.29, 0.717) is 5.15 Å². The Hall–Kier alpha value is -0.930. The molecule has 0 radical (unpaired) electrons. The van der Waals surface area contributed by atoms with Crippen molar-refractivity contribution in [1.29, 1.82) is 0 Å². The SMILES string of the molecule is CCc1nc(Cl)cc(-c2ccc(Br)cc2)n1. The van der Waals surface area contributed by atoms with Crippen molar-refractivity contribution in [3.63, 3.8) is 0 Å². The molecular formula is C12H10BrClN2. The van der Waals surface area contributed by atoms with Crippen molar-refractivity contribution in [1.82, 2.24) is 9.97 Å². The van der Waals surface area contributed by atoms with Crippen molar-refractivity contribution < 1.29 is 0 Å². The smallest absolute Gasteiger partial charge is 0.133 e. The van der Waals surface area contributed by atoms with E-state index >= 15 is 0 Å². The van der Waals surface area contributed by atoms with E-state index in [1.165, 1.54) is 0 Å². The number of nitrogens with zero attached hydrogens (tertiary/aromatic N) is 2. The van der Waals surface area contributed by atoms with Crippen molar-refractivity contribution in [2.24, 2.45) is 0 Å². The molecule has 0 saturated carbocycles. The van der Waals surface area contributed by atoms with Crippen LogP contribution in [-0.4, -0.2) is 9.97 Å². The maximum Gasteiger partial charge on any atom is 0.133 e. The summed E-state index contributed by atoms with van der Waals surface area (Å²) in [4.78, 5) is 8.58. The Morgan fingerprint density at radius 2 is 1.88 bits per heavy atom. The molecule has 0 aliphatic carbocycles. The summed E-state index contributed by atoms with van der Waals surface area (Å²) in [6.45, 7) is 2.01. The second kappa shape index (κ2) is 4.93. The highest BCUT2D eigenvalue weighted by Crippen LogP contribution is 2.22. The first-order valence-corrected chi connectivity index (χ1v) is 6.15. The molecule has 16 heavy (non-hydrogen) atoms. The lowest BCUT2D eigenvalue weighted by Gasteiger charge is -2.04. The quantitative estimate of drug-likeness (QED) is 0.779. The predicted molar refractivity (Wildman–Crippen MR) is 69.6 cm³/mol. The molecule has 0 N–H and O–H groups in total. The molecule has 0 amide bonds. The third kappa shape index (κ3) is 2.60. The first-order valence-electron chi connectivity index (χ1n) is 4.98. The third-order valence-corrected chi connectivity index (χ3v) is 2.92. The highest BCUT2D eigenvalue weighted by Gasteiger charge is 2.04. The summed E-state index contributed by atoms with van der Waals surface area (Å²) in [6.07, 6.45) is 0.782. The van der Waals surface area contributed by atoms with Crippen molar-refractivity contribution >= 4 is 27.5 Å². The summed E-state index contributed by atoms with van der Waals surface area (Å²) in [5.41, 5.74) is 1.91. The van der Waals surface area contributed by atoms with Crippen LogP contribution in [0.25, 0.3) is 11.3 Å². The Morgan fingerprint density at radius 1 is 1.19 bits per heavy atom. The first kappa shape index (κ1) is 11.6. The van der Waals surface area contributed by atoms with Crippen molar-refractivity contribution in [3.8, 4) is 11.3 Å². The molecule has 0 aliphatic heterocycles. The Kier molecular flexibility index (Phi) is 3.56. The van der Waals surface area contributed by atoms with E-state index in [4.69, 9.17) is 11.6 Å². The van der Waals surface area contributed by atoms with E-state index in [1.807, 2.05) is 31.2 Å². The van der Waals surface area contributed by atoms with Gasteiger partial charge >= 0.3 is 0 Å². The van der Waals surface area contributed by atoms with Crippen LogP contribution in [0, 0.1) is 0 Å². The van der Waals surface area contributed by atoms with Gasteiger partial charge in [0.05, 0.1) is 5.69 Å². The maximum absolute atomic E-state index is 5.95. The van der Waals surface area contributed by atoms with Gasteiger partial charge in [-0.15, -0.1) is 0 Å². The number of benzene rings is 1. The predicted octanol–water partition coefficient (Wildman–Crippen LogP) is 4.12. The average molecular weight is 298 g/mol. The fourth-order valence-corrected chi connectivity index (χ4v) is 1.86. The highest BCUT2D eigenvalue weighted by atomic mass is 79.9. The van der Waals surface area contributed by atoms with Crippen LogP contribution in [0.4, 0.5) is 0 Å². The summed E-state index contributed by atoms with van der Waals surface area (Å²) in [6, 6.07) is 9.75. The average Bonchev–Trinajstić information content (AvgIpc) is 2.29. The second-order valence-electron chi connectivity index (χ2n) is 3.35. The van der Waals surface area contributed by atoms with E-state index in [1.54, 1.807) is 6.07 Å². The number of aromatic nitrogens is 2. The molecule has 1 aromatic heterocycles. The van der Waals surface area contributed by atoms with Gasteiger partial charge in [0, 0.05) is 22.5 Å². The van der Waals surface area contributed by atoms with E-state index in [-0.39, 0.29) is 0 Å². The van der Waals surface area contributed by atoms with Gasteiger partial charge in [-0.1, -0.05) is 46.6 Å². The van der Waals surface area contributed by atoms with Crippen LogP contribution in [0.2, 0.25) is 5.15 Å². The first-order chi connectivity index (χ1) is 7.69. The Balaban J connectivity index is 2.47. The topological polar surface area (TPSA) is 25.8 Å². The molecule has 0 spiro atoms. The number of hydrogen-bond donors (Lipinski definition) is 0. The fourth-order valence-electron chi connectivity index (χ4n) is 1.39. The van der Waals surface area contributed by atoms with Gasteiger partial charge in [0.25, 0.3) is 0 Å². The minimum atomic E-state index is 0.491. The largest absolute Gasteiger partial charge is 0.233 e. The van der Waals surface area contributed by atoms with Crippen LogP contribution in [0.15, 0.2) is 34.8 Å². The normalized spacial score (nSPS) is 10.4. The van der Waals surface area contributed by atoms with E-state index in [9.17, 15) is 0 Å². The summed E-state index contributed by atoms with van der Waals surface area (Å²) < 4.78 is 1.05. The van der Waals surface area contributed by atoms with Gasteiger partial charge in [-0.05, 0) is 12.1 Å². The summed E-state index contributed by atoms with van der Waals surface area (Å²) in [5.74, 6) is 0.769. The van der Waals surface area contributed by atoms with Gasteiger partial charge in [-0.3, -0.25) is 0 Å². The standard InChI is InChI=1S/C12H10BrClN2/c1-2-12-15-10(7-11(14)16-12)8-3-5-9(13)6-4-8/h3-7H,2H2,1H3. The van der Waals surface area contributed by atoms with Gasteiger partial charge in [0.2, 0.25) is 0 Å². The van der Waals surface area contributed by atoms with E-state index in [0.717, 1.165) is 28.0 Å². The molecule has 0 atom stereocenters. The van der Waals surface area contributed by atoms with Crippen LogP contribution >= 0.6 is 27.5 Å². The molecule has 1 heterocycles. The molecule has 0 saturated heterocycles. The molecule has 2 aromatic rings. The Morgan fingerprint density at radius 3 is 2.50 bits per heavy atom. The van der Waals surface area contributed by atoms with Crippen molar-refractivity contribution in [3.05, 3.63) is 45.8 Å². The zero-order valence-corrected chi connectivity index (χ0v) is 11.1. The Bertz CT molecular complexity index is 497. The lowest BCUT2D eigenvalue weighted by molar-refractivity contribution is 0.943. The van der Waals surface area contributed by atoms with Gasteiger partial charge in [0.15, 0.2) is 0 Å². The maximum atomic E-state index is 5.95. The number of rotatable bonds is 2. The molecule has 2 rings (SSSR count). The number of hydrogen-bond acceptors (Lipinski definition) is 2. The molecule has 1 aromatic carbocycles. The minimum absolute atomic E-state index is 0.491. The van der Waals surface area contributed by atoms with Crippen LogP contribution in [0.1, 0.15) is 12.7 Å².